The molecule has 27 heavy (non-hydrogen) atoms. The summed E-state index contributed by atoms with van der Waals surface area (Å²) in [5.74, 6) is -1.18. The summed E-state index contributed by atoms with van der Waals surface area (Å²) in [7, 11) is 0. The van der Waals surface area contributed by atoms with Crippen molar-refractivity contribution in [3.05, 3.63) is 56.8 Å². The molecule has 3 rings (SSSR count). The number of hydrogen-bond donors (Lipinski definition) is 2. The van der Waals surface area contributed by atoms with Crippen LogP contribution in [0.4, 0.5) is 0 Å². The van der Waals surface area contributed by atoms with Crippen molar-refractivity contribution in [1.82, 2.24) is 5.32 Å². The third-order valence-electron chi connectivity index (χ3n) is 4.71. The molecular formula is C21H25NO4S. The number of ether oxygens (including phenoxy) is 1. The molecule has 1 amide bonds. The Morgan fingerprint density at radius 1 is 1.26 bits per heavy atom. The van der Waals surface area contributed by atoms with E-state index in [4.69, 9.17) is 4.74 Å². The van der Waals surface area contributed by atoms with Gasteiger partial charge in [-0.25, -0.2) is 0 Å². The summed E-state index contributed by atoms with van der Waals surface area (Å²) in [4.78, 5) is 25.8. The van der Waals surface area contributed by atoms with Crippen LogP contribution in [0.1, 0.15) is 64.5 Å². The minimum atomic E-state index is -0.945. The normalized spacial score (nSPS) is 15.1. The molecule has 6 heteroatoms. The van der Waals surface area contributed by atoms with Crippen LogP contribution in [0.2, 0.25) is 0 Å². The molecule has 0 fully saturated rings. The van der Waals surface area contributed by atoms with Crippen LogP contribution >= 0.6 is 11.3 Å². The van der Waals surface area contributed by atoms with E-state index in [1.807, 2.05) is 30.3 Å². The number of aliphatic carboxylic acids is 1. The van der Waals surface area contributed by atoms with Crippen molar-refractivity contribution in [3.8, 4) is 0 Å². The number of thiophene rings is 1. The summed E-state index contributed by atoms with van der Waals surface area (Å²) >= 11 is 1.47. The van der Waals surface area contributed by atoms with Crippen LogP contribution < -0.4 is 5.32 Å². The Hall–Kier alpha value is -2.18. The van der Waals surface area contributed by atoms with Crippen molar-refractivity contribution in [3.63, 3.8) is 0 Å². The lowest BCUT2D eigenvalue weighted by Gasteiger charge is -2.21. The Labute approximate surface area is 163 Å². The number of carboxylic acid groups (broad SMARTS) is 1. The molecule has 0 saturated carbocycles. The first kappa shape index (κ1) is 19.6. The van der Waals surface area contributed by atoms with Gasteiger partial charge in [-0.15, -0.1) is 11.3 Å². The quantitative estimate of drug-likeness (QED) is 0.811. The van der Waals surface area contributed by atoms with Gasteiger partial charge in [-0.3, -0.25) is 9.59 Å². The van der Waals surface area contributed by atoms with Gasteiger partial charge >= 0.3 is 5.97 Å². The molecule has 0 saturated heterocycles. The van der Waals surface area contributed by atoms with E-state index < -0.39 is 12.0 Å². The summed E-state index contributed by atoms with van der Waals surface area (Å²) in [6.45, 7) is 7.59. The molecule has 5 nitrogen and oxygen atoms in total. The summed E-state index contributed by atoms with van der Waals surface area (Å²) in [6.07, 6.45) is 0.662. The van der Waals surface area contributed by atoms with Crippen LogP contribution in [0.25, 0.3) is 0 Å². The third-order valence-corrected chi connectivity index (χ3v) is 5.95. The predicted molar refractivity (Wildman–Crippen MR) is 105 cm³/mol. The zero-order chi connectivity index (χ0) is 19.6. The van der Waals surface area contributed by atoms with E-state index in [2.05, 4.69) is 26.1 Å². The van der Waals surface area contributed by atoms with Crippen LogP contribution in [0, 0.1) is 0 Å². The van der Waals surface area contributed by atoms with Crippen molar-refractivity contribution in [1.29, 1.82) is 0 Å². The molecule has 0 bridgehead atoms. The van der Waals surface area contributed by atoms with Gasteiger partial charge in [0.25, 0.3) is 5.91 Å². The fourth-order valence-electron chi connectivity index (χ4n) is 3.13. The molecular weight excluding hydrogens is 362 g/mol. The molecule has 1 aliphatic rings. The van der Waals surface area contributed by atoms with E-state index in [0.29, 0.717) is 18.1 Å². The van der Waals surface area contributed by atoms with Crippen molar-refractivity contribution < 1.29 is 19.4 Å². The monoisotopic (exact) mass is 387 g/mol. The van der Waals surface area contributed by atoms with Crippen molar-refractivity contribution in [2.24, 2.45) is 0 Å². The number of rotatable bonds is 5. The van der Waals surface area contributed by atoms with Gasteiger partial charge in [0.2, 0.25) is 0 Å². The Morgan fingerprint density at radius 2 is 1.96 bits per heavy atom. The van der Waals surface area contributed by atoms with Gasteiger partial charge in [0.15, 0.2) is 0 Å². The van der Waals surface area contributed by atoms with Gasteiger partial charge in [-0.2, -0.15) is 0 Å². The maximum atomic E-state index is 12.7. The minimum absolute atomic E-state index is 0.0161. The van der Waals surface area contributed by atoms with E-state index in [0.717, 1.165) is 23.1 Å². The average molecular weight is 388 g/mol. The standard InChI is InChI=1S/C21H25NO4S/c1-21(2,3)15-6-4-13(5-7-15)16(11-19(23)24)22-20(25)18-10-14-12-26-9-8-17(14)27-18/h4-7,10,16H,8-9,11-12H2,1-3H3,(H,22,25)(H,23,24). The molecule has 1 aromatic heterocycles. The smallest absolute Gasteiger partial charge is 0.305 e. The fourth-order valence-corrected chi connectivity index (χ4v) is 4.18. The Bertz CT molecular complexity index is 809. The van der Waals surface area contributed by atoms with Crippen LogP contribution in [0.3, 0.4) is 0 Å². The number of carboxylic acids is 1. The highest BCUT2D eigenvalue weighted by molar-refractivity contribution is 7.14. The number of carbonyl (C=O) groups excluding carboxylic acids is 1. The maximum Gasteiger partial charge on any atom is 0.305 e. The van der Waals surface area contributed by atoms with E-state index in [1.54, 1.807) is 0 Å². The SMILES string of the molecule is CC(C)(C)c1ccc(C(CC(=O)O)NC(=O)c2cc3c(s2)CCOC3)cc1. The van der Waals surface area contributed by atoms with Gasteiger partial charge < -0.3 is 15.2 Å². The molecule has 1 atom stereocenters. The Balaban J connectivity index is 1.79. The van der Waals surface area contributed by atoms with Crippen LogP contribution in [-0.4, -0.2) is 23.6 Å². The highest BCUT2D eigenvalue weighted by Crippen LogP contribution is 2.29. The first-order chi connectivity index (χ1) is 12.7. The van der Waals surface area contributed by atoms with Gasteiger partial charge in [-0.05, 0) is 28.2 Å². The van der Waals surface area contributed by atoms with Gasteiger partial charge in [0, 0.05) is 11.3 Å². The average Bonchev–Trinajstić information content (AvgIpc) is 3.04. The Morgan fingerprint density at radius 3 is 2.56 bits per heavy atom. The predicted octanol–water partition coefficient (Wildman–Crippen LogP) is 4.06. The topological polar surface area (TPSA) is 75.6 Å². The summed E-state index contributed by atoms with van der Waals surface area (Å²) < 4.78 is 5.43. The highest BCUT2D eigenvalue weighted by Gasteiger charge is 2.23. The second-order valence-corrected chi connectivity index (χ2v) is 8.99. The van der Waals surface area contributed by atoms with Crippen LogP contribution in [0.15, 0.2) is 30.3 Å². The van der Waals surface area contributed by atoms with Crippen molar-refractivity contribution >= 4 is 23.2 Å². The number of benzene rings is 1. The van der Waals surface area contributed by atoms with Crippen LogP contribution in [-0.2, 0) is 28.0 Å². The lowest BCUT2D eigenvalue weighted by molar-refractivity contribution is -0.137. The molecule has 2 heterocycles. The largest absolute Gasteiger partial charge is 0.481 e. The Kier molecular flexibility index (Phi) is 5.67. The lowest BCUT2D eigenvalue weighted by atomic mass is 9.86. The first-order valence-electron chi connectivity index (χ1n) is 9.06. The van der Waals surface area contributed by atoms with E-state index in [-0.39, 0.29) is 17.7 Å². The molecule has 1 aliphatic heterocycles. The molecule has 0 aliphatic carbocycles. The number of hydrogen-bond acceptors (Lipinski definition) is 4. The summed E-state index contributed by atoms with van der Waals surface area (Å²) in [5, 5.41) is 12.2. The van der Waals surface area contributed by atoms with Gasteiger partial charge in [0.1, 0.15) is 0 Å². The van der Waals surface area contributed by atoms with Gasteiger partial charge in [-0.1, -0.05) is 45.0 Å². The third kappa shape index (κ3) is 4.76. The maximum absolute atomic E-state index is 12.7. The fraction of sp³-hybridized carbons (Fsp3) is 0.429. The number of carbonyl (C=O) groups is 2. The van der Waals surface area contributed by atoms with E-state index in [1.165, 1.54) is 16.2 Å². The van der Waals surface area contributed by atoms with Crippen molar-refractivity contribution in [2.75, 3.05) is 6.61 Å². The number of fused-ring (bicyclic) bond motifs is 1. The molecule has 1 unspecified atom stereocenters. The second kappa shape index (κ2) is 7.82. The molecule has 0 radical (unpaired) electrons. The first-order valence-corrected chi connectivity index (χ1v) is 9.88. The number of nitrogens with one attached hydrogen (secondary N) is 1. The molecule has 2 aromatic rings. The van der Waals surface area contributed by atoms with Gasteiger partial charge in [0.05, 0.1) is 30.6 Å². The lowest BCUT2D eigenvalue weighted by Crippen LogP contribution is -2.29. The van der Waals surface area contributed by atoms with E-state index in [9.17, 15) is 14.7 Å². The van der Waals surface area contributed by atoms with E-state index >= 15 is 0 Å². The zero-order valence-corrected chi connectivity index (χ0v) is 16.7. The molecule has 0 spiro atoms. The zero-order valence-electron chi connectivity index (χ0n) is 15.9. The number of amides is 1. The molecule has 1 aromatic carbocycles. The van der Waals surface area contributed by atoms with Crippen LogP contribution in [0.5, 0.6) is 0 Å². The minimum Gasteiger partial charge on any atom is -0.481 e. The summed E-state index contributed by atoms with van der Waals surface area (Å²) in [5.41, 5.74) is 3.03. The molecule has 144 valence electrons. The summed E-state index contributed by atoms with van der Waals surface area (Å²) in [6, 6.07) is 9.09. The second-order valence-electron chi connectivity index (χ2n) is 7.86. The van der Waals surface area contributed by atoms with Crippen molar-refractivity contribution in [2.45, 2.75) is 51.7 Å². The highest BCUT2D eigenvalue weighted by atomic mass is 32.1. The molecule has 2 N–H and O–H groups in total.